The smallest absolute Gasteiger partial charge is 0.405 e. The number of rotatable bonds is 6. The Morgan fingerprint density at radius 2 is 1.77 bits per heavy atom. The predicted octanol–water partition coefficient (Wildman–Crippen LogP) is 2.57. The van der Waals surface area contributed by atoms with Crippen LogP contribution in [0.3, 0.4) is 0 Å². The number of benzene rings is 1. The van der Waals surface area contributed by atoms with Crippen LogP contribution in [0.4, 0.5) is 4.79 Å². The maximum absolute atomic E-state index is 12.9. The molecule has 0 radical (unpaired) electrons. The molecule has 3 rings (SSSR count). The molecule has 0 saturated heterocycles. The first-order valence-electron chi connectivity index (χ1n) is 10.3. The SMILES string of the molecule is Cn1cc(-c2ccc(CC(C#N)NC(=O)C3(NC(=O)O)CCCCC3)cc2)ccc1=O. The molecule has 3 N–H and O–H groups in total. The van der Waals surface area contributed by atoms with Crippen LogP contribution >= 0.6 is 0 Å². The highest BCUT2D eigenvalue weighted by molar-refractivity contribution is 5.90. The van der Waals surface area contributed by atoms with Crippen molar-refractivity contribution in [3.63, 3.8) is 0 Å². The maximum Gasteiger partial charge on any atom is 0.405 e. The Labute approximate surface area is 180 Å². The monoisotopic (exact) mass is 422 g/mol. The molecule has 1 fully saturated rings. The molecule has 1 aromatic carbocycles. The fourth-order valence-corrected chi connectivity index (χ4v) is 4.03. The van der Waals surface area contributed by atoms with Gasteiger partial charge < -0.3 is 20.3 Å². The molecule has 1 atom stereocenters. The zero-order chi connectivity index (χ0) is 22.4. The molecule has 0 bridgehead atoms. The quantitative estimate of drug-likeness (QED) is 0.660. The predicted molar refractivity (Wildman–Crippen MR) is 115 cm³/mol. The zero-order valence-corrected chi connectivity index (χ0v) is 17.4. The van der Waals surface area contributed by atoms with Crippen molar-refractivity contribution < 1.29 is 14.7 Å². The van der Waals surface area contributed by atoms with Crippen LogP contribution in [0.25, 0.3) is 11.1 Å². The van der Waals surface area contributed by atoms with E-state index < -0.39 is 23.6 Å². The number of nitriles is 1. The molecule has 0 spiro atoms. The van der Waals surface area contributed by atoms with E-state index in [1.165, 1.54) is 10.6 Å². The van der Waals surface area contributed by atoms with Crippen molar-refractivity contribution in [2.75, 3.05) is 0 Å². The number of aryl methyl sites for hydroxylation is 1. The first-order valence-corrected chi connectivity index (χ1v) is 10.3. The molecule has 31 heavy (non-hydrogen) atoms. The van der Waals surface area contributed by atoms with E-state index in [9.17, 15) is 24.8 Å². The van der Waals surface area contributed by atoms with Gasteiger partial charge in [0.05, 0.1) is 6.07 Å². The number of hydrogen-bond acceptors (Lipinski definition) is 4. The van der Waals surface area contributed by atoms with Gasteiger partial charge in [-0.05, 0) is 35.6 Å². The van der Waals surface area contributed by atoms with E-state index in [0.29, 0.717) is 19.3 Å². The first kappa shape index (κ1) is 22.1. The van der Waals surface area contributed by atoms with Crippen molar-refractivity contribution in [3.8, 4) is 17.2 Å². The lowest BCUT2D eigenvalue weighted by Gasteiger charge is -2.36. The number of pyridine rings is 1. The molecule has 1 aromatic heterocycles. The van der Waals surface area contributed by atoms with E-state index in [1.807, 2.05) is 24.3 Å². The molecule has 8 heteroatoms. The van der Waals surface area contributed by atoms with Crippen molar-refractivity contribution in [1.29, 1.82) is 5.26 Å². The summed E-state index contributed by atoms with van der Waals surface area (Å²) in [5.41, 5.74) is 1.44. The van der Waals surface area contributed by atoms with Gasteiger partial charge in [-0.3, -0.25) is 9.59 Å². The summed E-state index contributed by atoms with van der Waals surface area (Å²) in [4.78, 5) is 35.7. The molecule has 2 amide bonds. The topological polar surface area (TPSA) is 124 Å². The van der Waals surface area contributed by atoms with E-state index in [0.717, 1.165) is 36.0 Å². The van der Waals surface area contributed by atoms with Crippen LogP contribution in [0.1, 0.15) is 37.7 Å². The molecule has 1 aliphatic carbocycles. The molecule has 162 valence electrons. The molecule has 1 unspecified atom stereocenters. The molecule has 1 aliphatic rings. The number of amides is 2. The van der Waals surface area contributed by atoms with E-state index in [-0.39, 0.29) is 5.56 Å². The number of hydrogen-bond donors (Lipinski definition) is 3. The normalized spacial score (nSPS) is 16.0. The average Bonchev–Trinajstić information content (AvgIpc) is 2.76. The Hall–Kier alpha value is -3.60. The van der Waals surface area contributed by atoms with Gasteiger partial charge >= 0.3 is 6.09 Å². The minimum absolute atomic E-state index is 0.0823. The van der Waals surface area contributed by atoms with Crippen molar-refractivity contribution in [3.05, 3.63) is 58.5 Å². The van der Waals surface area contributed by atoms with E-state index in [2.05, 4.69) is 16.7 Å². The molecule has 0 aliphatic heterocycles. The second-order valence-corrected chi connectivity index (χ2v) is 8.00. The number of carbonyl (C=O) groups excluding carboxylic acids is 1. The summed E-state index contributed by atoms with van der Waals surface area (Å²) in [5, 5.41) is 23.9. The van der Waals surface area contributed by atoms with Crippen molar-refractivity contribution in [2.45, 2.75) is 50.1 Å². The Bertz CT molecular complexity index is 1050. The van der Waals surface area contributed by atoms with E-state index in [1.54, 1.807) is 19.3 Å². The second kappa shape index (κ2) is 9.47. The Morgan fingerprint density at radius 3 is 2.35 bits per heavy atom. The van der Waals surface area contributed by atoms with Gasteiger partial charge in [-0.1, -0.05) is 43.5 Å². The molecular weight excluding hydrogens is 396 g/mol. The van der Waals surface area contributed by atoms with Gasteiger partial charge in [0.25, 0.3) is 0 Å². The first-order chi connectivity index (χ1) is 14.8. The molecule has 8 nitrogen and oxygen atoms in total. The zero-order valence-electron chi connectivity index (χ0n) is 17.4. The average molecular weight is 422 g/mol. The Morgan fingerprint density at radius 1 is 1.13 bits per heavy atom. The highest BCUT2D eigenvalue weighted by Crippen LogP contribution is 2.29. The van der Waals surface area contributed by atoms with Crippen LogP contribution in [-0.2, 0) is 18.3 Å². The summed E-state index contributed by atoms with van der Waals surface area (Å²) in [6.45, 7) is 0. The fraction of sp³-hybridized carbons (Fsp3) is 0.391. The van der Waals surface area contributed by atoms with Crippen LogP contribution in [0.15, 0.2) is 47.4 Å². The number of nitrogens with zero attached hydrogens (tertiary/aromatic N) is 2. The lowest BCUT2D eigenvalue weighted by Crippen LogP contribution is -2.61. The lowest BCUT2D eigenvalue weighted by atomic mass is 9.80. The van der Waals surface area contributed by atoms with Gasteiger partial charge in [-0.25, -0.2) is 4.79 Å². The van der Waals surface area contributed by atoms with Crippen LogP contribution in [0.5, 0.6) is 0 Å². The fourth-order valence-electron chi connectivity index (χ4n) is 4.03. The minimum Gasteiger partial charge on any atom is -0.465 e. The van der Waals surface area contributed by atoms with Gasteiger partial charge in [0, 0.05) is 25.7 Å². The van der Waals surface area contributed by atoms with Gasteiger partial charge in [0.1, 0.15) is 11.6 Å². The number of nitrogens with one attached hydrogen (secondary N) is 2. The van der Waals surface area contributed by atoms with Crippen molar-refractivity contribution >= 4 is 12.0 Å². The third-order valence-corrected chi connectivity index (χ3v) is 5.76. The number of aromatic nitrogens is 1. The highest BCUT2D eigenvalue weighted by atomic mass is 16.4. The van der Waals surface area contributed by atoms with Gasteiger partial charge in [-0.2, -0.15) is 5.26 Å². The maximum atomic E-state index is 12.9. The van der Waals surface area contributed by atoms with Crippen molar-refractivity contribution in [2.24, 2.45) is 7.05 Å². The van der Waals surface area contributed by atoms with Crippen LogP contribution in [-0.4, -0.2) is 33.3 Å². The Kier molecular flexibility index (Phi) is 6.75. The third kappa shape index (κ3) is 5.31. The summed E-state index contributed by atoms with van der Waals surface area (Å²) in [5.74, 6) is -0.442. The van der Waals surface area contributed by atoms with Crippen molar-refractivity contribution in [1.82, 2.24) is 15.2 Å². The largest absolute Gasteiger partial charge is 0.465 e. The van der Waals surface area contributed by atoms with Gasteiger partial charge in [-0.15, -0.1) is 0 Å². The minimum atomic E-state index is -1.24. The molecule has 1 heterocycles. The highest BCUT2D eigenvalue weighted by Gasteiger charge is 2.41. The molecule has 1 saturated carbocycles. The summed E-state index contributed by atoms with van der Waals surface area (Å²) in [7, 11) is 1.69. The van der Waals surface area contributed by atoms with Gasteiger partial charge in [0.15, 0.2) is 0 Å². The van der Waals surface area contributed by atoms with E-state index in [4.69, 9.17) is 0 Å². The van der Waals surface area contributed by atoms with E-state index >= 15 is 0 Å². The lowest BCUT2D eigenvalue weighted by molar-refractivity contribution is -0.129. The summed E-state index contributed by atoms with van der Waals surface area (Å²) < 4.78 is 1.51. The number of carbonyl (C=O) groups is 2. The summed E-state index contributed by atoms with van der Waals surface area (Å²) in [6, 6.07) is 12.2. The van der Waals surface area contributed by atoms with Crippen LogP contribution in [0, 0.1) is 11.3 Å². The van der Waals surface area contributed by atoms with Crippen LogP contribution < -0.4 is 16.2 Å². The number of carboxylic acid groups (broad SMARTS) is 1. The summed E-state index contributed by atoms with van der Waals surface area (Å²) in [6.07, 6.45) is 4.16. The van der Waals surface area contributed by atoms with Gasteiger partial charge in [0.2, 0.25) is 11.5 Å². The summed E-state index contributed by atoms with van der Waals surface area (Å²) >= 11 is 0. The third-order valence-electron chi connectivity index (χ3n) is 5.76. The van der Waals surface area contributed by atoms with Crippen LogP contribution in [0.2, 0.25) is 0 Å². The molecular formula is C23H26N4O4. The Balaban J connectivity index is 1.69. The standard InChI is InChI=1S/C23H26N4O4/c1-27-15-18(9-10-20(27)28)17-7-5-16(6-8-17)13-19(14-24)25-21(29)23(26-22(30)31)11-3-2-4-12-23/h5-10,15,19,26H,2-4,11-13H2,1H3,(H,25,29)(H,30,31). The second-order valence-electron chi connectivity index (χ2n) is 8.00. The molecule has 2 aromatic rings.